The van der Waals surface area contributed by atoms with Gasteiger partial charge in [0.15, 0.2) is 0 Å². The van der Waals surface area contributed by atoms with E-state index in [0.29, 0.717) is 24.7 Å². The number of methoxy groups -OCH3 is 1. The first-order valence-corrected chi connectivity index (χ1v) is 13.4. The van der Waals surface area contributed by atoms with Crippen molar-refractivity contribution < 1.29 is 28.5 Å². The second-order valence-corrected chi connectivity index (χ2v) is 8.47. The van der Waals surface area contributed by atoms with E-state index in [4.69, 9.17) is 28.5 Å². The van der Waals surface area contributed by atoms with Crippen LogP contribution in [-0.2, 0) is 28.5 Å². The summed E-state index contributed by atoms with van der Waals surface area (Å²) in [5.74, 6) is 1.28. The molecule has 7 nitrogen and oxygen atoms in total. The summed E-state index contributed by atoms with van der Waals surface area (Å²) in [7, 11) is 3.80. The lowest BCUT2D eigenvalue weighted by Gasteiger charge is -2.34. The first-order chi connectivity index (χ1) is 18.9. The SMILES string of the molecule is C=C(COCCC(C)OC)OC(=C/C)/C=C(\C)C(=C)c1ccccc1N(C)C1CCCCO1.C=O.C=O.CC. The third kappa shape index (κ3) is 14.7. The highest BCUT2D eigenvalue weighted by molar-refractivity contribution is 5.84. The molecular formula is C32H51NO6. The Morgan fingerprint density at radius 3 is 2.36 bits per heavy atom. The van der Waals surface area contributed by atoms with Crippen molar-refractivity contribution >= 4 is 24.8 Å². The van der Waals surface area contributed by atoms with Crippen LogP contribution < -0.4 is 4.90 Å². The van der Waals surface area contributed by atoms with E-state index < -0.39 is 0 Å². The van der Waals surface area contributed by atoms with Gasteiger partial charge in [-0.05, 0) is 75.8 Å². The molecule has 1 aliphatic rings. The molecule has 1 aromatic carbocycles. The van der Waals surface area contributed by atoms with Crippen LogP contribution in [0.2, 0.25) is 0 Å². The second-order valence-electron chi connectivity index (χ2n) is 8.47. The zero-order chi connectivity index (χ0) is 30.2. The maximum atomic E-state index is 8.00. The van der Waals surface area contributed by atoms with Gasteiger partial charge < -0.3 is 33.4 Å². The molecule has 0 N–H and O–H groups in total. The highest BCUT2D eigenvalue weighted by Gasteiger charge is 2.21. The van der Waals surface area contributed by atoms with Crippen LogP contribution in [0.5, 0.6) is 0 Å². The van der Waals surface area contributed by atoms with Gasteiger partial charge in [0.05, 0.1) is 6.10 Å². The van der Waals surface area contributed by atoms with Gasteiger partial charge in [0.2, 0.25) is 0 Å². The number of nitrogens with zero attached hydrogens (tertiary/aromatic N) is 1. The molecule has 220 valence electrons. The molecule has 39 heavy (non-hydrogen) atoms. The molecule has 1 saturated heterocycles. The lowest BCUT2D eigenvalue weighted by atomic mass is 9.97. The second kappa shape index (κ2) is 24.1. The number of allylic oxidation sites excluding steroid dienone is 4. The Kier molecular flexibility index (Phi) is 23.5. The molecule has 2 atom stereocenters. The van der Waals surface area contributed by atoms with Gasteiger partial charge in [-0.3, -0.25) is 0 Å². The van der Waals surface area contributed by atoms with Crippen LogP contribution in [-0.4, -0.2) is 59.9 Å². The molecule has 1 aliphatic heterocycles. The van der Waals surface area contributed by atoms with E-state index in [1.165, 1.54) is 6.42 Å². The van der Waals surface area contributed by atoms with Crippen molar-refractivity contribution in [2.24, 2.45) is 0 Å². The van der Waals surface area contributed by atoms with Gasteiger partial charge in [-0.1, -0.05) is 45.2 Å². The Morgan fingerprint density at radius 1 is 1.15 bits per heavy atom. The maximum Gasteiger partial charge on any atom is 0.129 e. The number of rotatable bonds is 13. The summed E-state index contributed by atoms with van der Waals surface area (Å²) in [5.41, 5.74) is 4.18. The molecule has 0 bridgehead atoms. The van der Waals surface area contributed by atoms with Crippen LogP contribution in [0, 0.1) is 0 Å². The van der Waals surface area contributed by atoms with Crippen LogP contribution in [0.1, 0.15) is 65.9 Å². The third-order valence-corrected chi connectivity index (χ3v) is 5.91. The summed E-state index contributed by atoms with van der Waals surface area (Å²) in [6.45, 7) is 24.1. The lowest BCUT2D eigenvalue weighted by Crippen LogP contribution is -2.37. The Hall–Kier alpha value is -3.00. The summed E-state index contributed by atoms with van der Waals surface area (Å²) in [6, 6.07) is 8.34. The molecule has 1 fully saturated rings. The predicted octanol–water partition coefficient (Wildman–Crippen LogP) is 7.14. The first kappa shape index (κ1) is 38.1. The van der Waals surface area contributed by atoms with Gasteiger partial charge >= 0.3 is 0 Å². The molecule has 2 rings (SSSR count). The van der Waals surface area contributed by atoms with Crippen molar-refractivity contribution in [1.29, 1.82) is 0 Å². The third-order valence-electron chi connectivity index (χ3n) is 5.91. The number of anilines is 1. The minimum Gasteiger partial charge on any atom is -0.460 e. The van der Waals surface area contributed by atoms with E-state index in [-0.39, 0.29) is 12.3 Å². The minimum atomic E-state index is 0.0987. The van der Waals surface area contributed by atoms with Crippen LogP contribution in [0.3, 0.4) is 0 Å². The number of carbonyl (C=O) groups excluding carboxylic acids is 2. The Bertz CT molecular complexity index is 871. The largest absolute Gasteiger partial charge is 0.460 e. The Morgan fingerprint density at radius 2 is 1.79 bits per heavy atom. The van der Waals surface area contributed by atoms with Crippen molar-refractivity contribution in [3.63, 3.8) is 0 Å². The van der Waals surface area contributed by atoms with Crippen LogP contribution in [0.4, 0.5) is 5.69 Å². The van der Waals surface area contributed by atoms with E-state index >= 15 is 0 Å². The molecule has 0 radical (unpaired) electrons. The fourth-order valence-electron chi connectivity index (χ4n) is 3.65. The van der Waals surface area contributed by atoms with Gasteiger partial charge in [-0.2, -0.15) is 0 Å². The van der Waals surface area contributed by atoms with E-state index in [1.807, 2.05) is 59.5 Å². The number of para-hydroxylation sites is 1. The van der Waals surface area contributed by atoms with E-state index in [0.717, 1.165) is 48.3 Å². The van der Waals surface area contributed by atoms with Crippen molar-refractivity contribution in [3.8, 4) is 0 Å². The molecule has 0 spiro atoms. The standard InChI is InChI=1S/C28H41NO4.C2H6.2CH2O/c1-8-25(33-23(4)20-31-18-16-22(3)30-7)19-21(2)24(5)26-13-9-10-14-27(26)29(6)28-15-11-12-17-32-28;3*1-2/h8-10,13-14,19,22,28H,4-5,11-12,15-18,20H2,1-3,6-7H3;1-2H3;2*1H2/b21-19+,25-8+;;;. The average molecular weight is 546 g/mol. The quantitative estimate of drug-likeness (QED) is 0.148. The minimum absolute atomic E-state index is 0.0987. The highest BCUT2D eigenvalue weighted by Crippen LogP contribution is 2.33. The summed E-state index contributed by atoms with van der Waals surface area (Å²) in [6.07, 6.45) is 8.39. The topological polar surface area (TPSA) is 74.3 Å². The average Bonchev–Trinajstić information content (AvgIpc) is 3.01. The van der Waals surface area contributed by atoms with Crippen LogP contribution in [0.25, 0.3) is 5.57 Å². The van der Waals surface area contributed by atoms with Gasteiger partial charge in [-0.15, -0.1) is 0 Å². The molecule has 0 aromatic heterocycles. The Labute approximate surface area is 237 Å². The summed E-state index contributed by atoms with van der Waals surface area (Å²) >= 11 is 0. The summed E-state index contributed by atoms with van der Waals surface area (Å²) in [4.78, 5) is 18.2. The molecular weight excluding hydrogens is 494 g/mol. The molecule has 2 unspecified atom stereocenters. The number of hydrogen-bond acceptors (Lipinski definition) is 7. The first-order valence-electron chi connectivity index (χ1n) is 13.4. The smallest absolute Gasteiger partial charge is 0.129 e. The van der Waals surface area contributed by atoms with Crippen molar-refractivity contribution in [3.05, 3.63) is 72.2 Å². The van der Waals surface area contributed by atoms with Gasteiger partial charge in [0, 0.05) is 38.6 Å². The van der Waals surface area contributed by atoms with Crippen molar-refractivity contribution in [2.75, 3.05) is 38.9 Å². The molecule has 1 heterocycles. The van der Waals surface area contributed by atoms with Gasteiger partial charge in [-0.25, -0.2) is 0 Å². The van der Waals surface area contributed by atoms with Crippen LogP contribution in [0.15, 0.2) is 66.7 Å². The summed E-state index contributed by atoms with van der Waals surface area (Å²) < 4.78 is 22.8. The molecule has 1 aromatic rings. The zero-order valence-electron chi connectivity index (χ0n) is 25.3. The van der Waals surface area contributed by atoms with Crippen molar-refractivity contribution in [1.82, 2.24) is 0 Å². The maximum absolute atomic E-state index is 8.00. The number of ether oxygens (including phenoxy) is 4. The molecule has 7 heteroatoms. The summed E-state index contributed by atoms with van der Waals surface area (Å²) in [5, 5.41) is 0. The molecule has 0 amide bonds. The molecule has 0 aliphatic carbocycles. The van der Waals surface area contributed by atoms with E-state index in [2.05, 4.69) is 50.2 Å². The molecule has 0 saturated carbocycles. The lowest BCUT2D eigenvalue weighted by molar-refractivity contribution is -0.0987. The Balaban J connectivity index is 0. The van der Waals surface area contributed by atoms with Crippen LogP contribution >= 0.6 is 0 Å². The number of benzene rings is 1. The predicted molar refractivity (Wildman–Crippen MR) is 163 cm³/mol. The van der Waals surface area contributed by atoms with Crippen molar-refractivity contribution in [2.45, 2.75) is 72.6 Å². The van der Waals surface area contributed by atoms with Gasteiger partial charge in [0.1, 0.15) is 37.9 Å². The van der Waals surface area contributed by atoms with E-state index in [1.54, 1.807) is 7.11 Å². The fraction of sp³-hybridized carbons (Fsp3) is 0.500. The normalized spacial score (nSPS) is 15.6. The number of hydrogen-bond donors (Lipinski definition) is 0. The highest BCUT2D eigenvalue weighted by atomic mass is 16.5. The zero-order valence-corrected chi connectivity index (χ0v) is 25.3. The monoisotopic (exact) mass is 545 g/mol. The fourth-order valence-corrected chi connectivity index (χ4v) is 3.65. The number of carbonyl (C=O) groups is 2. The van der Waals surface area contributed by atoms with Gasteiger partial charge in [0.25, 0.3) is 0 Å². The van der Waals surface area contributed by atoms with E-state index in [9.17, 15) is 0 Å².